The molecule has 78 valence electrons. The molecule has 1 aromatic carbocycles. The van der Waals surface area contributed by atoms with Crippen molar-refractivity contribution in [2.45, 2.75) is 20.4 Å². The van der Waals surface area contributed by atoms with Crippen LogP contribution >= 0.6 is 11.6 Å². The first-order chi connectivity index (χ1) is 6.69. The van der Waals surface area contributed by atoms with Crippen molar-refractivity contribution in [3.05, 3.63) is 28.3 Å². The molecule has 2 nitrogen and oxygen atoms in total. The first kappa shape index (κ1) is 11.3. The standard InChI is InChI=1S/C11H16ClNO/c1-4-14-11-8(2)5-10(12)6-9(11)7-13-3/h5-6,13H,4,7H2,1-3H3. The van der Waals surface area contributed by atoms with E-state index in [4.69, 9.17) is 16.3 Å². The van der Waals surface area contributed by atoms with Crippen molar-refractivity contribution in [3.8, 4) is 5.75 Å². The van der Waals surface area contributed by atoms with Gasteiger partial charge in [0.05, 0.1) is 6.61 Å². The Morgan fingerprint density at radius 3 is 2.71 bits per heavy atom. The maximum absolute atomic E-state index is 5.97. The fourth-order valence-corrected chi connectivity index (χ4v) is 1.77. The lowest BCUT2D eigenvalue weighted by molar-refractivity contribution is 0.333. The predicted molar refractivity (Wildman–Crippen MR) is 60.1 cm³/mol. The van der Waals surface area contributed by atoms with Crippen molar-refractivity contribution in [1.82, 2.24) is 5.32 Å². The van der Waals surface area contributed by atoms with Crippen LogP contribution in [0.2, 0.25) is 5.02 Å². The molecule has 0 unspecified atom stereocenters. The second-order valence-electron chi connectivity index (χ2n) is 3.17. The number of nitrogens with one attached hydrogen (secondary N) is 1. The van der Waals surface area contributed by atoms with Crippen LogP contribution in [-0.4, -0.2) is 13.7 Å². The van der Waals surface area contributed by atoms with Crippen molar-refractivity contribution in [1.29, 1.82) is 0 Å². The highest BCUT2D eigenvalue weighted by Crippen LogP contribution is 2.27. The third kappa shape index (κ3) is 2.63. The summed E-state index contributed by atoms with van der Waals surface area (Å²) >= 11 is 5.97. The van der Waals surface area contributed by atoms with Crippen LogP contribution in [-0.2, 0) is 6.54 Å². The molecule has 0 bridgehead atoms. The van der Waals surface area contributed by atoms with Gasteiger partial charge in [-0.2, -0.15) is 0 Å². The minimum absolute atomic E-state index is 0.680. The van der Waals surface area contributed by atoms with Crippen LogP contribution in [0.4, 0.5) is 0 Å². The van der Waals surface area contributed by atoms with E-state index in [0.717, 1.165) is 28.4 Å². The first-order valence-corrected chi connectivity index (χ1v) is 5.13. The molecule has 1 aromatic rings. The van der Waals surface area contributed by atoms with Gasteiger partial charge in [0.25, 0.3) is 0 Å². The average molecular weight is 214 g/mol. The normalized spacial score (nSPS) is 10.3. The zero-order chi connectivity index (χ0) is 10.6. The summed E-state index contributed by atoms with van der Waals surface area (Å²) in [5.41, 5.74) is 2.20. The van der Waals surface area contributed by atoms with Crippen LogP contribution in [0.5, 0.6) is 5.75 Å². The van der Waals surface area contributed by atoms with Gasteiger partial charge in [0, 0.05) is 17.1 Å². The zero-order valence-corrected chi connectivity index (χ0v) is 9.61. The molecule has 0 radical (unpaired) electrons. The zero-order valence-electron chi connectivity index (χ0n) is 8.86. The molecule has 0 aliphatic rings. The summed E-state index contributed by atoms with van der Waals surface area (Å²) in [7, 11) is 1.91. The third-order valence-corrected chi connectivity index (χ3v) is 2.19. The molecule has 0 aromatic heterocycles. The summed E-state index contributed by atoms with van der Waals surface area (Å²) in [5, 5.41) is 3.86. The van der Waals surface area contributed by atoms with Gasteiger partial charge < -0.3 is 10.1 Å². The molecule has 0 aliphatic carbocycles. The number of rotatable bonds is 4. The highest BCUT2D eigenvalue weighted by atomic mass is 35.5. The lowest BCUT2D eigenvalue weighted by Crippen LogP contribution is -2.08. The van der Waals surface area contributed by atoms with E-state index >= 15 is 0 Å². The molecular formula is C11H16ClNO. The van der Waals surface area contributed by atoms with Crippen molar-refractivity contribution in [2.75, 3.05) is 13.7 Å². The Balaban J connectivity index is 3.07. The Morgan fingerprint density at radius 2 is 2.14 bits per heavy atom. The maximum atomic E-state index is 5.97. The van der Waals surface area contributed by atoms with Crippen LogP contribution < -0.4 is 10.1 Å². The first-order valence-electron chi connectivity index (χ1n) is 4.75. The van der Waals surface area contributed by atoms with Crippen LogP contribution in [0, 0.1) is 6.92 Å². The molecule has 14 heavy (non-hydrogen) atoms. The number of hydrogen-bond acceptors (Lipinski definition) is 2. The van der Waals surface area contributed by atoms with Gasteiger partial charge in [-0.1, -0.05) is 11.6 Å². The van der Waals surface area contributed by atoms with Gasteiger partial charge in [-0.25, -0.2) is 0 Å². The van der Waals surface area contributed by atoms with E-state index < -0.39 is 0 Å². The van der Waals surface area contributed by atoms with Gasteiger partial charge in [0.1, 0.15) is 5.75 Å². The van der Waals surface area contributed by atoms with Crippen LogP contribution in [0.1, 0.15) is 18.1 Å². The summed E-state index contributed by atoms with van der Waals surface area (Å²) in [5.74, 6) is 0.950. The minimum Gasteiger partial charge on any atom is -0.493 e. The molecule has 0 fully saturated rings. The molecule has 3 heteroatoms. The van der Waals surface area contributed by atoms with Crippen LogP contribution in [0.15, 0.2) is 12.1 Å². The second-order valence-corrected chi connectivity index (χ2v) is 3.61. The average Bonchev–Trinajstić information content (AvgIpc) is 2.11. The van der Waals surface area contributed by atoms with E-state index in [9.17, 15) is 0 Å². The van der Waals surface area contributed by atoms with E-state index in [1.165, 1.54) is 0 Å². The summed E-state index contributed by atoms with van der Waals surface area (Å²) in [6.45, 7) is 5.45. The van der Waals surface area contributed by atoms with Crippen LogP contribution in [0.25, 0.3) is 0 Å². The van der Waals surface area contributed by atoms with E-state index in [-0.39, 0.29) is 0 Å². The van der Waals surface area contributed by atoms with Gasteiger partial charge in [-0.05, 0) is 38.6 Å². The fourth-order valence-electron chi connectivity index (χ4n) is 1.47. The molecule has 0 heterocycles. The molecule has 0 saturated carbocycles. The monoisotopic (exact) mass is 213 g/mol. The van der Waals surface area contributed by atoms with Crippen molar-refractivity contribution < 1.29 is 4.74 Å². The molecule has 1 N–H and O–H groups in total. The predicted octanol–water partition coefficient (Wildman–Crippen LogP) is 2.77. The molecule has 1 rings (SSSR count). The maximum Gasteiger partial charge on any atom is 0.126 e. The number of ether oxygens (including phenoxy) is 1. The topological polar surface area (TPSA) is 21.3 Å². The van der Waals surface area contributed by atoms with Gasteiger partial charge in [0.2, 0.25) is 0 Å². The highest BCUT2D eigenvalue weighted by molar-refractivity contribution is 6.30. The lowest BCUT2D eigenvalue weighted by Gasteiger charge is -2.13. The summed E-state index contributed by atoms with van der Waals surface area (Å²) in [6, 6.07) is 3.86. The second kappa shape index (κ2) is 5.23. The van der Waals surface area contributed by atoms with Gasteiger partial charge >= 0.3 is 0 Å². The van der Waals surface area contributed by atoms with E-state index in [1.54, 1.807) is 0 Å². The van der Waals surface area contributed by atoms with Crippen molar-refractivity contribution >= 4 is 11.6 Å². The smallest absolute Gasteiger partial charge is 0.126 e. The minimum atomic E-state index is 0.680. The van der Waals surface area contributed by atoms with Crippen LogP contribution in [0.3, 0.4) is 0 Å². The van der Waals surface area contributed by atoms with Gasteiger partial charge in [-0.15, -0.1) is 0 Å². The number of benzene rings is 1. The van der Waals surface area contributed by atoms with Crippen molar-refractivity contribution in [3.63, 3.8) is 0 Å². The number of halogens is 1. The Morgan fingerprint density at radius 1 is 1.43 bits per heavy atom. The van der Waals surface area contributed by atoms with Gasteiger partial charge in [-0.3, -0.25) is 0 Å². The molecule has 0 atom stereocenters. The third-order valence-electron chi connectivity index (χ3n) is 1.97. The highest BCUT2D eigenvalue weighted by Gasteiger charge is 2.07. The summed E-state index contributed by atoms with van der Waals surface area (Å²) in [4.78, 5) is 0. The number of aryl methyl sites for hydroxylation is 1. The Kier molecular flexibility index (Phi) is 4.23. The Bertz CT molecular complexity index is 312. The van der Waals surface area contributed by atoms with E-state index in [0.29, 0.717) is 6.61 Å². The molecule has 0 amide bonds. The summed E-state index contributed by atoms with van der Waals surface area (Å²) in [6.07, 6.45) is 0. The van der Waals surface area contributed by atoms with Crippen molar-refractivity contribution in [2.24, 2.45) is 0 Å². The Labute approximate surface area is 90.2 Å². The molecular weight excluding hydrogens is 198 g/mol. The summed E-state index contributed by atoms with van der Waals surface area (Å²) < 4.78 is 5.58. The quantitative estimate of drug-likeness (QED) is 0.831. The Hall–Kier alpha value is -0.730. The molecule has 0 saturated heterocycles. The van der Waals surface area contributed by atoms with E-state index in [1.807, 2.05) is 33.0 Å². The fraction of sp³-hybridized carbons (Fsp3) is 0.455. The molecule has 0 spiro atoms. The van der Waals surface area contributed by atoms with E-state index in [2.05, 4.69) is 5.32 Å². The largest absolute Gasteiger partial charge is 0.493 e. The SMILES string of the molecule is CCOc1c(C)cc(Cl)cc1CNC. The lowest BCUT2D eigenvalue weighted by atomic mass is 10.1. The number of hydrogen-bond donors (Lipinski definition) is 1. The van der Waals surface area contributed by atoms with Gasteiger partial charge in [0.15, 0.2) is 0 Å². The molecule has 0 aliphatic heterocycles.